The number of hydrogen-bond acceptors (Lipinski definition) is 4. The van der Waals surface area contributed by atoms with Gasteiger partial charge in [0.15, 0.2) is 0 Å². The number of aromatic amines is 2. The molecule has 35 heavy (non-hydrogen) atoms. The molecule has 4 rings (SSSR count). The Bertz CT molecular complexity index is 1300. The summed E-state index contributed by atoms with van der Waals surface area (Å²) in [6.45, 7) is 11.0. The average Bonchev–Trinajstić information content (AvgIpc) is 3.57. The van der Waals surface area contributed by atoms with Gasteiger partial charge in [-0.3, -0.25) is 0 Å². The number of hydrogen-bond donors (Lipinski definition) is 3. The van der Waals surface area contributed by atoms with Gasteiger partial charge in [0, 0.05) is 35.5 Å². The van der Waals surface area contributed by atoms with Crippen molar-refractivity contribution in [2.45, 2.75) is 59.7 Å². The molecule has 0 aliphatic heterocycles. The van der Waals surface area contributed by atoms with E-state index in [1.807, 2.05) is 31.5 Å². The minimum atomic E-state index is 0.0435. The molecule has 4 aromatic rings. The van der Waals surface area contributed by atoms with Crippen LogP contribution < -0.4 is 0 Å². The average molecular weight is 471 g/mol. The summed E-state index contributed by atoms with van der Waals surface area (Å²) >= 11 is 0. The summed E-state index contributed by atoms with van der Waals surface area (Å²) in [5, 5.41) is 9.59. The van der Waals surface area contributed by atoms with E-state index in [9.17, 15) is 5.11 Å². The highest BCUT2D eigenvalue weighted by Crippen LogP contribution is 2.29. The second-order valence-electron chi connectivity index (χ2n) is 9.16. The number of rotatable bonds is 9. The fraction of sp³-hybridized carbons (Fsp3) is 0.310. The van der Waals surface area contributed by atoms with Crippen molar-refractivity contribution in [3.8, 4) is 0 Å². The number of aliphatic hydroxyl groups excluding tert-OH is 1. The Balaban J connectivity index is 1.44. The Hall–Kier alpha value is -3.64. The molecule has 0 aliphatic rings. The fourth-order valence-electron chi connectivity index (χ4n) is 4.57. The fourth-order valence-corrected chi connectivity index (χ4v) is 4.57. The molecule has 0 amide bonds. The second-order valence-corrected chi connectivity index (χ2v) is 9.16. The molecule has 6 heteroatoms. The lowest BCUT2D eigenvalue weighted by molar-refractivity contribution is 0.237. The third kappa shape index (κ3) is 5.23. The molecule has 0 bridgehead atoms. The molecule has 2 aromatic carbocycles. The van der Waals surface area contributed by atoms with Crippen molar-refractivity contribution in [2.24, 2.45) is 0 Å². The zero-order valence-electron chi connectivity index (χ0n) is 21.1. The molecule has 2 atom stereocenters. The van der Waals surface area contributed by atoms with E-state index in [1.165, 1.54) is 16.7 Å². The maximum Gasteiger partial charge on any atom is 0.136 e. The number of ether oxygens (including phenoxy) is 1. The Morgan fingerprint density at radius 3 is 2.37 bits per heavy atom. The van der Waals surface area contributed by atoms with E-state index < -0.39 is 0 Å². The Morgan fingerprint density at radius 2 is 1.69 bits per heavy atom. The van der Waals surface area contributed by atoms with Crippen molar-refractivity contribution in [1.82, 2.24) is 19.9 Å². The van der Waals surface area contributed by atoms with Gasteiger partial charge in [-0.15, -0.1) is 0 Å². The van der Waals surface area contributed by atoms with Gasteiger partial charge in [-0.2, -0.15) is 0 Å². The lowest BCUT2D eigenvalue weighted by Crippen LogP contribution is -2.03. The number of H-pyrrole nitrogens is 2. The predicted molar refractivity (Wildman–Crippen MR) is 139 cm³/mol. The summed E-state index contributed by atoms with van der Waals surface area (Å²) in [5.74, 6) is 1.14. The van der Waals surface area contributed by atoms with Crippen LogP contribution in [-0.2, 0) is 18.0 Å². The van der Waals surface area contributed by atoms with Crippen LogP contribution in [0.5, 0.6) is 0 Å². The summed E-state index contributed by atoms with van der Waals surface area (Å²) < 4.78 is 5.98. The first-order valence-electron chi connectivity index (χ1n) is 12.0. The van der Waals surface area contributed by atoms with Crippen molar-refractivity contribution in [2.75, 3.05) is 0 Å². The third-order valence-electron chi connectivity index (χ3n) is 6.98. The summed E-state index contributed by atoms with van der Waals surface area (Å²) in [4.78, 5) is 15.5. The van der Waals surface area contributed by atoms with E-state index in [-0.39, 0.29) is 18.4 Å². The van der Waals surface area contributed by atoms with Gasteiger partial charge in [-0.1, -0.05) is 50.2 Å². The van der Waals surface area contributed by atoms with Crippen LogP contribution >= 0.6 is 0 Å². The van der Waals surface area contributed by atoms with Crippen LogP contribution in [0.15, 0.2) is 61.4 Å². The summed E-state index contributed by atoms with van der Waals surface area (Å²) in [5.41, 5.74) is 9.89. The zero-order valence-corrected chi connectivity index (χ0v) is 21.1. The smallest absolute Gasteiger partial charge is 0.136 e. The highest BCUT2D eigenvalue weighted by atomic mass is 16.5. The number of benzene rings is 2. The molecule has 3 N–H and O–H groups in total. The van der Waals surface area contributed by atoms with E-state index in [2.05, 4.69) is 66.9 Å². The molecule has 0 fully saturated rings. The maximum absolute atomic E-state index is 9.59. The molecule has 0 saturated heterocycles. The quantitative estimate of drug-likeness (QED) is 0.257. The van der Waals surface area contributed by atoms with Gasteiger partial charge < -0.3 is 19.8 Å². The van der Waals surface area contributed by atoms with Gasteiger partial charge in [0.25, 0.3) is 0 Å². The standard InChI is InChI=1S/C29H34N4O2/c1-18(29-31-13-28(33-29)22(5)25-10-6-8-23(14-34)19(25)2)15-35-16-24-9-7-11-26(20(24)3)21(4)27-12-30-17-32-27/h6-13,15,17,21-22,34H,14,16H2,1-5H3,(H,30,32)(H,31,33). The Kier molecular flexibility index (Phi) is 7.51. The van der Waals surface area contributed by atoms with E-state index in [1.54, 1.807) is 12.6 Å². The first-order chi connectivity index (χ1) is 16.9. The van der Waals surface area contributed by atoms with Crippen LogP contribution in [0.25, 0.3) is 5.57 Å². The van der Waals surface area contributed by atoms with Crippen LogP contribution in [0.4, 0.5) is 0 Å². The topological polar surface area (TPSA) is 86.8 Å². The van der Waals surface area contributed by atoms with E-state index in [4.69, 9.17) is 9.72 Å². The number of allylic oxidation sites excluding steroid dienone is 1. The van der Waals surface area contributed by atoms with Crippen molar-refractivity contribution in [3.05, 3.63) is 112 Å². The molecule has 2 heterocycles. The lowest BCUT2D eigenvalue weighted by Gasteiger charge is -2.16. The number of aromatic nitrogens is 4. The van der Waals surface area contributed by atoms with Gasteiger partial charge in [-0.05, 0) is 54.2 Å². The number of aliphatic hydroxyl groups is 1. The summed E-state index contributed by atoms with van der Waals surface area (Å²) in [6.07, 6.45) is 7.32. The molecular weight excluding hydrogens is 436 g/mol. The first kappa shape index (κ1) is 24.5. The molecule has 0 aliphatic carbocycles. The highest BCUT2D eigenvalue weighted by Gasteiger charge is 2.17. The van der Waals surface area contributed by atoms with Gasteiger partial charge in [-0.25, -0.2) is 9.97 Å². The van der Waals surface area contributed by atoms with Crippen LogP contribution in [0.2, 0.25) is 0 Å². The van der Waals surface area contributed by atoms with Crippen molar-refractivity contribution >= 4 is 5.57 Å². The molecule has 0 radical (unpaired) electrons. The molecule has 0 saturated carbocycles. The van der Waals surface area contributed by atoms with Crippen LogP contribution in [0.3, 0.4) is 0 Å². The molecule has 2 unspecified atom stereocenters. The summed E-state index contributed by atoms with van der Waals surface area (Å²) in [6, 6.07) is 12.4. The summed E-state index contributed by atoms with van der Waals surface area (Å²) in [7, 11) is 0. The minimum Gasteiger partial charge on any atom is -0.496 e. The van der Waals surface area contributed by atoms with Crippen molar-refractivity contribution < 1.29 is 9.84 Å². The van der Waals surface area contributed by atoms with Gasteiger partial charge in [0.05, 0.1) is 24.9 Å². The largest absolute Gasteiger partial charge is 0.496 e. The lowest BCUT2D eigenvalue weighted by atomic mass is 9.91. The van der Waals surface area contributed by atoms with E-state index >= 15 is 0 Å². The molecular formula is C29H34N4O2. The normalized spacial score (nSPS) is 13.6. The minimum absolute atomic E-state index is 0.0435. The molecule has 2 aromatic heterocycles. The van der Waals surface area contributed by atoms with Crippen molar-refractivity contribution in [3.63, 3.8) is 0 Å². The van der Waals surface area contributed by atoms with Crippen LogP contribution in [0, 0.1) is 13.8 Å². The SMILES string of the molecule is CC(=COCc1cccc(C(C)c2cnc[nH]2)c1C)c1nc(C(C)c2cccc(CO)c2C)c[nH]1. The monoisotopic (exact) mass is 470 g/mol. The highest BCUT2D eigenvalue weighted by molar-refractivity contribution is 5.56. The molecule has 0 spiro atoms. The van der Waals surface area contributed by atoms with E-state index in [0.717, 1.165) is 39.5 Å². The Labute approximate surface area is 207 Å². The number of imidazole rings is 2. The number of nitrogens with one attached hydrogen (secondary N) is 2. The van der Waals surface area contributed by atoms with Gasteiger partial charge >= 0.3 is 0 Å². The molecule has 6 nitrogen and oxygen atoms in total. The van der Waals surface area contributed by atoms with Crippen LogP contribution in [-0.4, -0.2) is 25.0 Å². The van der Waals surface area contributed by atoms with Gasteiger partial charge in [0.2, 0.25) is 0 Å². The second kappa shape index (κ2) is 10.7. The third-order valence-corrected chi connectivity index (χ3v) is 6.98. The van der Waals surface area contributed by atoms with Crippen LogP contribution in [0.1, 0.15) is 83.2 Å². The zero-order chi connectivity index (χ0) is 24.9. The molecule has 182 valence electrons. The van der Waals surface area contributed by atoms with E-state index in [0.29, 0.717) is 6.61 Å². The van der Waals surface area contributed by atoms with Crippen molar-refractivity contribution in [1.29, 1.82) is 0 Å². The number of nitrogens with zero attached hydrogens (tertiary/aromatic N) is 2. The maximum atomic E-state index is 9.59. The Morgan fingerprint density at radius 1 is 1.00 bits per heavy atom. The first-order valence-corrected chi connectivity index (χ1v) is 12.0. The predicted octanol–water partition coefficient (Wildman–Crippen LogP) is 6.12. The van der Waals surface area contributed by atoms with Gasteiger partial charge in [0.1, 0.15) is 12.4 Å².